The molecule has 0 saturated carbocycles. The molecule has 204 valence electrons. The molecule has 4 rings (SSSR count). The molecule has 0 radical (unpaired) electrons. The molecule has 0 spiro atoms. The lowest BCUT2D eigenvalue weighted by atomic mass is 10.1. The number of H-pyrrole nitrogens is 1. The molecule has 3 heterocycles. The summed E-state index contributed by atoms with van der Waals surface area (Å²) < 4.78 is 9.70. The second kappa shape index (κ2) is 12.4. The van der Waals surface area contributed by atoms with Crippen LogP contribution in [0.5, 0.6) is 5.75 Å². The maximum atomic E-state index is 13.2. The molecule has 3 aromatic rings. The third kappa shape index (κ3) is 6.00. The highest BCUT2D eigenvalue weighted by atomic mass is 32.2. The number of piperazine rings is 1. The van der Waals surface area contributed by atoms with Crippen molar-refractivity contribution in [3.05, 3.63) is 55.5 Å². The number of hydrogen-bond donors (Lipinski definition) is 1. The fourth-order valence-electron chi connectivity index (χ4n) is 4.65. The Bertz CT molecular complexity index is 1360. The van der Waals surface area contributed by atoms with Crippen LogP contribution < -0.4 is 10.3 Å². The topological polar surface area (TPSA) is 135 Å². The van der Waals surface area contributed by atoms with Crippen molar-refractivity contribution in [2.75, 3.05) is 45.9 Å². The number of carbonyl (C=O) groups excluding carboxylic acids is 1. The van der Waals surface area contributed by atoms with Gasteiger partial charge in [-0.05, 0) is 56.0 Å². The van der Waals surface area contributed by atoms with Gasteiger partial charge in [0.15, 0.2) is 12.1 Å². The summed E-state index contributed by atoms with van der Waals surface area (Å²) in [5.74, 6) is 0.973. The highest BCUT2D eigenvalue weighted by Crippen LogP contribution is 2.34. The van der Waals surface area contributed by atoms with Gasteiger partial charge < -0.3 is 14.6 Å². The molecule has 12 nitrogen and oxygen atoms in total. The summed E-state index contributed by atoms with van der Waals surface area (Å²) >= 11 is 1.60. The minimum Gasteiger partial charge on any atom is -0.493 e. The van der Waals surface area contributed by atoms with Gasteiger partial charge in [0, 0.05) is 43.2 Å². The van der Waals surface area contributed by atoms with Gasteiger partial charge in [-0.25, -0.2) is 8.82 Å². The molecule has 1 N–H and O–H groups in total. The van der Waals surface area contributed by atoms with Crippen molar-refractivity contribution >= 4 is 23.8 Å². The summed E-state index contributed by atoms with van der Waals surface area (Å²) in [4.78, 5) is 45.7. The molecule has 38 heavy (non-hydrogen) atoms. The van der Waals surface area contributed by atoms with E-state index in [4.69, 9.17) is 9.84 Å². The van der Waals surface area contributed by atoms with Crippen LogP contribution in [0.15, 0.2) is 27.9 Å². The Morgan fingerprint density at radius 1 is 1.24 bits per heavy atom. The van der Waals surface area contributed by atoms with E-state index in [-0.39, 0.29) is 12.2 Å². The van der Waals surface area contributed by atoms with Gasteiger partial charge in [-0.1, -0.05) is 13.3 Å². The Balaban J connectivity index is 1.60. The van der Waals surface area contributed by atoms with Crippen LogP contribution in [-0.4, -0.2) is 81.1 Å². The summed E-state index contributed by atoms with van der Waals surface area (Å²) in [7, 11) is 0. The Morgan fingerprint density at radius 3 is 2.66 bits per heavy atom. The number of nitrogens with zero attached hydrogens (tertiary/aromatic N) is 5. The third-order valence-corrected chi connectivity index (χ3v) is 7.55. The van der Waals surface area contributed by atoms with Gasteiger partial charge in [-0.3, -0.25) is 14.5 Å². The zero-order chi connectivity index (χ0) is 27.2. The molecule has 0 aliphatic carbocycles. The number of ether oxygens (including phenoxy) is 1. The summed E-state index contributed by atoms with van der Waals surface area (Å²) in [5, 5.41) is 14.4. The highest BCUT2D eigenvalue weighted by Gasteiger charge is 2.22. The molecule has 13 heteroatoms. The smallest absolute Gasteiger partial charge is 0.294 e. The highest BCUT2D eigenvalue weighted by molar-refractivity contribution is 7.97. The van der Waals surface area contributed by atoms with Gasteiger partial charge in [0.25, 0.3) is 10.6 Å². The molecule has 0 unspecified atom stereocenters. The lowest BCUT2D eigenvalue weighted by Gasteiger charge is -2.33. The van der Waals surface area contributed by atoms with Crippen LogP contribution in [0.4, 0.5) is 0 Å². The predicted octanol–water partition coefficient (Wildman–Crippen LogP) is 2.99. The number of aromatic nitrogens is 3. The fraction of sp³-hybridized carbons (Fsp3) is 0.480. The maximum Gasteiger partial charge on any atom is 0.294 e. The van der Waals surface area contributed by atoms with E-state index in [9.17, 15) is 19.7 Å². The zero-order valence-corrected chi connectivity index (χ0v) is 22.6. The van der Waals surface area contributed by atoms with Crippen molar-refractivity contribution in [1.82, 2.24) is 23.8 Å². The van der Waals surface area contributed by atoms with Crippen LogP contribution in [0.3, 0.4) is 0 Å². The Kier molecular flexibility index (Phi) is 9.02. The van der Waals surface area contributed by atoms with E-state index in [2.05, 4.69) is 19.0 Å². The van der Waals surface area contributed by atoms with E-state index in [1.165, 1.54) is 0 Å². The molecule has 0 atom stereocenters. The molecule has 2 aromatic heterocycles. The fourth-order valence-corrected chi connectivity index (χ4v) is 5.59. The number of hydrogen-bond acceptors (Lipinski definition) is 10. The molecule has 1 fully saturated rings. The van der Waals surface area contributed by atoms with Gasteiger partial charge in [0.05, 0.1) is 17.9 Å². The first-order valence-corrected chi connectivity index (χ1v) is 13.4. The third-order valence-electron chi connectivity index (χ3n) is 6.47. The monoisotopic (exact) mass is 544 g/mol. The number of carbonyl (C=O) groups is 1. The first-order valence-electron chi connectivity index (χ1n) is 12.7. The van der Waals surface area contributed by atoms with E-state index in [1.807, 2.05) is 32.0 Å². The van der Waals surface area contributed by atoms with Crippen LogP contribution in [0, 0.1) is 17.0 Å². The van der Waals surface area contributed by atoms with E-state index in [0.29, 0.717) is 53.4 Å². The van der Waals surface area contributed by atoms with Crippen molar-refractivity contribution in [1.29, 1.82) is 0 Å². The number of aryl methyl sites for hydroxylation is 2. The van der Waals surface area contributed by atoms with Crippen LogP contribution in [0.25, 0.3) is 16.9 Å². The van der Waals surface area contributed by atoms with E-state index >= 15 is 0 Å². The van der Waals surface area contributed by atoms with Gasteiger partial charge in [-0.2, -0.15) is 0 Å². The first kappa shape index (κ1) is 27.6. The van der Waals surface area contributed by atoms with Crippen LogP contribution >= 0.6 is 11.9 Å². The van der Waals surface area contributed by atoms with E-state index in [0.717, 1.165) is 49.5 Å². The zero-order valence-electron chi connectivity index (χ0n) is 21.8. The van der Waals surface area contributed by atoms with Crippen molar-refractivity contribution < 1.29 is 19.5 Å². The van der Waals surface area contributed by atoms with Crippen LogP contribution in [0.1, 0.15) is 41.9 Å². The molecule has 1 aromatic carbocycles. The van der Waals surface area contributed by atoms with Crippen molar-refractivity contribution in [3.8, 4) is 17.1 Å². The number of aromatic amines is 1. The molecular weight excluding hydrogens is 512 g/mol. The van der Waals surface area contributed by atoms with Crippen LogP contribution in [-0.2, 0) is 11.3 Å². The largest absolute Gasteiger partial charge is 0.493 e. The Morgan fingerprint density at radius 2 is 2.00 bits per heavy atom. The standard InChI is InChI=1S/C25H32N6O6S/c1-4-6-21-20(16-32)17(3)23-25(33)26-24(27-30(21)23)19-15-18(7-8-22(19)36-5-2)38-29-11-9-28(10-12-29)13-14-37-31(34)35/h7-8,15-16H,4-6,9-14H2,1-3H3,(H,26,27,33). The molecule has 0 bridgehead atoms. The maximum absolute atomic E-state index is 13.2. The quantitative estimate of drug-likeness (QED) is 0.157. The minimum absolute atomic E-state index is 0.0627. The molecule has 1 saturated heterocycles. The van der Waals surface area contributed by atoms with E-state index < -0.39 is 5.09 Å². The molecular formula is C25H32N6O6S. The first-order chi connectivity index (χ1) is 18.4. The summed E-state index contributed by atoms with van der Waals surface area (Å²) in [6, 6.07) is 5.80. The number of rotatable bonds is 12. The number of fused-ring (bicyclic) bond motifs is 1. The number of nitrogens with one attached hydrogen (secondary N) is 1. The predicted molar refractivity (Wildman–Crippen MR) is 143 cm³/mol. The van der Waals surface area contributed by atoms with E-state index in [1.54, 1.807) is 23.4 Å². The molecule has 1 aliphatic heterocycles. The molecule has 0 amide bonds. The van der Waals surface area contributed by atoms with Crippen molar-refractivity contribution in [2.24, 2.45) is 0 Å². The minimum atomic E-state index is -0.765. The average Bonchev–Trinajstić information content (AvgIpc) is 3.17. The Hall–Kier alpha value is -3.42. The van der Waals surface area contributed by atoms with Gasteiger partial charge in [-0.15, -0.1) is 15.2 Å². The van der Waals surface area contributed by atoms with Gasteiger partial charge >= 0.3 is 0 Å². The summed E-state index contributed by atoms with van der Waals surface area (Å²) in [6.07, 6.45) is 2.23. The van der Waals surface area contributed by atoms with Gasteiger partial charge in [0.2, 0.25) is 0 Å². The lowest BCUT2D eigenvalue weighted by molar-refractivity contribution is -0.757. The average molecular weight is 545 g/mol. The summed E-state index contributed by atoms with van der Waals surface area (Å²) in [5.41, 5.74) is 2.60. The Labute approximate surface area is 224 Å². The SMILES string of the molecule is CCCc1c(C=O)c(C)c2c(=O)[nH]c(-c3cc(SN4CCN(CCO[N+](=O)[O-])CC4)ccc3OCC)nn12. The van der Waals surface area contributed by atoms with Crippen molar-refractivity contribution in [2.45, 2.75) is 38.5 Å². The molecule has 1 aliphatic rings. The van der Waals surface area contributed by atoms with Crippen molar-refractivity contribution in [3.63, 3.8) is 0 Å². The number of benzene rings is 1. The number of aldehydes is 1. The summed E-state index contributed by atoms with van der Waals surface area (Å²) in [6.45, 7) is 9.82. The van der Waals surface area contributed by atoms with Crippen LogP contribution in [0.2, 0.25) is 0 Å². The van der Waals surface area contributed by atoms with Gasteiger partial charge in [0.1, 0.15) is 17.9 Å². The normalized spacial score (nSPS) is 14.6. The second-order valence-corrected chi connectivity index (χ2v) is 10.1. The second-order valence-electron chi connectivity index (χ2n) is 8.93. The lowest BCUT2D eigenvalue weighted by Crippen LogP contribution is -2.44.